The first kappa shape index (κ1) is 10.6. The molecule has 14 heavy (non-hydrogen) atoms. The van der Waals surface area contributed by atoms with Crippen molar-refractivity contribution in [1.82, 2.24) is 0 Å². The SMILES string of the molecule is C=C(C)c1cc(N)ccc1C(F)(F)F. The van der Waals surface area contributed by atoms with E-state index in [0.29, 0.717) is 11.3 Å². The molecular weight excluding hydrogens is 191 g/mol. The monoisotopic (exact) mass is 201 g/mol. The summed E-state index contributed by atoms with van der Waals surface area (Å²) >= 11 is 0. The Morgan fingerprint density at radius 3 is 2.36 bits per heavy atom. The largest absolute Gasteiger partial charge is 0.416 e. The molecule has 76 valence electrons. The molecule has 1 nitrogen and oxygen atoms in total. The van der Waals surface area contributed by atoms with E-state index >= 15 is 0 Å². The molecular formula is C10H10F3N. The molecule has 4 heteroatoms. The molecule has 0 unspecified atom stereocenters. The lowest BCUT2D eigenvalue weighted by atomic mass is 10.0. The smallest absolute Gasteiger partial charge is 0.399 e. The summed E-state index contributed by atoms with van der Waals surface area (Å²) in [6.45, 7) is 5.00. The fourth-order valence-electron chi connectivity index (χ4n) is 1.16. The lowest BCUT2D eigenvalue weighted by Gasteiger charge is -2.13. The van der Waals surface area contributed by atoms with Crippen molar-refractivity contribution in [2.75, 3.05) is 5.73 Å². The third kappa shape index (κ3) is 2.07. The van der Waals surface area contributed by atoms with Crippen LogP contribution in [0.25, 0.3) is 5.57 Å². The van der Waals surface area contributed by atoms with Crippen LogP contribution < -0.4 is 5.73 Å². The van der Waals surface area contributed by atoms with Gasteiger partial charge in [0.15, 0.2) is 0 Å². The molecule has 1 aromatic rings. The zero-order valence-corrected chi connectivity index (χ0v) is 7.65. The van der Waals surface area contributed by atoms with Crippen molar-refractivity contribution in [2.24, 2.45) is 0 Å². The number of allylic oxidation sites excluding steroid dienone is 1. The zero-order chi connectivity index (χ0) is 10.9. The van der Waals surface area contributed by atoms with Gasteiger partial charge >= 0.3 is 6.18 Å². The van der Waals surface area contributed by atoms with Gasteiger partial charge in [-0.05, 0) is 30.7 Å². The van der Waals surface area contributed by atoms with E-state index in [1.54, 1.807) is 0 Å². The minimum atomic E-state index is -4.36. The summed E-state index contributed by atoms with van der Waals surface area (Å²) in [5.74, 6) is 0. The van der Waals surface area contributed by atoms with E-state index in [0.717, 1.165) is 6.07 Å². The van der Waals surface area contributed by atoms with Crippen LogP contribution in [0.4, 0.5) is 18.9 Å². The van der Waals surface area contributed by atoms with Crippen molar-refractivity contribution < 1.29 is 13.2 Å². The average molecular weight is 201 g/mol. The van der Waals surface area contributed by atoms with Crippen LogP contribution in [0.5, 0.6) is 0 Å². The molecule has 0 atom stereocenters. The van der Waals surface area contributed by atoms with Crippen LogP contribution in [0.3, 0.4) is 0 Å². The molecule has 0 saturated carbocycles. The minimum absolute atomic E-state index is 0.0532. The molecule has 0 spiro atoms. The molecule has 0 aliphatic carbocycles. The van der Waals surface area contributed by atoms with Crippen LogP contribution >= 0.6 is 0 Å². The fraction of sp³-hybridized carbons (Fsp3) is 0.200. The van der Waals surface area contributed by atoms with Crippen LogP contribution in [0.15, 0.2) is 24.8 Å². The van der Waals surface area contributed by atoms with Gasteiger partial charge in [0, 0.05) is 5.69 Å². The van der Waals surface area contributed by atoms with Gasteiger partial charge in [-0.15, -0.1) is 0 Å². The summed E-state index contributed by atoms with van der Waals surface area (Å²) < 4.78 is 37.4. The Balaban J connectivity index is 3.37. The van der Waals surface area contributed by atoms with Gasteiger partial charge in [0.2, 0.25) is 0 Å². The van der Waals surface area contributed by atoms with Gasteiger partial charge in [0.05, 0.1) is 5.56 Å². The molecule has 0 bridgehead atoms. The van der Waals surface area contributed by atoms with Crippen LogP contribution in [0, 0.1) is 0 Å². The number of alkyl halides is 3. The molecule has 0 radical (unpaired) electrons. The lowest BCUT2D eigenvalue weighted by molar-refractivity contribution is -0.137. The quantitative estimate of drug-likeness (QED) is 0.693. The van der Waals surface area contributed by atoms with Crippen molar-refractivity contribution in [3.63, 3.8) is 0 Å². The lowest BCUT2D eigenvalue weighted by Crippen LogP contribution is -2.08. The summed E-state index contributed by atoms with van der Waals surface area (Å²) in [7, 11) is 0. The summed E-state index contributed by atoms with van der Waals surface area (Å²) in [5.41, 5.74) is 5.41. The average Bonchev–Trinajstić information content (AvgIpc) is 2.01. The Morgan fingerprint density at radius 1 is 1.36 bits per heavy atom. The van der Waals surface area contributed by atoms with Crippen LogP contribution in [0.2, 0.25) is 0 Å². The Hall–Kier alpha value is -1.45. The van der Waals surface area contributed by atoms with Crippen LogP contribution in [-0.4, -0.2) is 0 Å². The topological polar surface area (TPSA) is 26.0 Å². The summed E-state index contributed by atoms with van der Waals surface area (Å²) in [4.78, 5) is 0. The molecule has 0 aromatic heterocycles. The molecule has 0 amide bonds. The second kappa shape index (κ2) is 3.36. The Morgan fingerprint density at radius 2 is 1.93 bits per heavy atom. The summed E-state index contributed by atoms with van der Waals surface area (Å²) in [6.07, 6.45) is -4.36. The highest BCUT2D eigenvalue weighted by Gasteiger charge is 2.33. The predicted molar refractivity (Wildman–Crippen MR) is 50.6 cm³/mol. The number of nitrogen functional groups attached to an aromatic ring is 1. The highest BCUT2D eigenvalue weighted by Crippen LogP contribution is 2.35. The second-order valence-electron chi connectivity index (χ2n) is 3.08. The molecule has 0 fully saturated rings. The third-order valence-corrected chi connectivity index (χ3v) is 1.81. The maximum atomic E-state index is 12.5. The maximum absolute atomic E-state index is 12.5. The Kier molecular flexibility index (Phi) is 2.55. The summed E-state index contributed by atoms with van der Waals surface area (Å²) in [6, 6.07) is 3.49. The number of hydrogen-bond donors (Lipinski definition) is 1. The zero-order valence-electron chi connectivity index (χ0n) is 7.65. The van der Waals surface area contributed by atoms with Crippen LogP contribution in [0.1, 0.15) is 18.1 Å². The second-order valence-corrected chi connectivity index (χ2v) is 3.08. The fourth-order valence-corrected chi connectivity index (χ4v) is 1.16. The molecule has 0 saturated heterocycles. The molecule has 1 rings (SSSR count). The van der Waals surface area contributed by atoms with Gasteiger partial charge in [-0.3, -0.25) is 0 Å². The molecule has 0 aliphatic rings. The Labute approximate surface area is 80.0 Å². The van der Waals surface area contributed by atoms with Crippen molar-refractivity contribution in [3.05, 3.63) is 35.9 Å². The minimum Gasteiger partial charge on any atom is -0.399 e. The highest BCUT2D eigenvalue weighted by atomic mass is 19.4. The van der Waals surface area contributed by atoms with Crippen molar-refractivity contribution in [3.8, 4) is 0 Å². The van der Waals surface area contributed by atoms with E-state index in [-0.39, 0.29) is 5.56 Å². The van der Waals surface area contributed by atoms with Gasteiger partial charge < -0.3 is 5.73 Å². The molecule has 2 N–H and O–H groups in total. The van der Waals surface area contributed by atoms with Crippen LogP contribution in [-0.2, 0) is 6.18 Å². The van der Waals surface area contributed by atoms with E-state index < -0.39 is 11.7 Å². The number of nitrogens with two attached hydrogens (primary N) is 1. The van der Waals surface area contributed by atoms with E-state index in [9.17, 15) is 13.2 Å². The van der Waals surface area contributed by atoms with E-state index in [2.05, 4.69) is 6.58 Å². The first-order valence-corrected chi connectivity index (χ1v) is 3.95. The third-order valence-electron chi connectivity index (χ3n) is 1.81. The first-order valence-electron chi connectivity index (χ1n) is 3.95. The van der Waals surface area contributed by atoms with Gasteiger partial charge in [0.25, 0.3) is 0 Å². The van der Waals surface area contributed by atoms with E-state index in [1.165, 1.54) is 19.1 Å². The number of anilines is 1. The number of rotatable bonds is 1. The summed E-state index contributed by atoms with van der Waals surface area (Å²) in [5, 5.41) is 0. The normalized spacial score (nSPS) is 11.4. The van der Waals surface area contributed by atoms with E-state index in [4.69, 9.17) is 5.73 Å². The molecule has 0 aliphatic heterocycles. The molecule has 0 heterocycles. The van der Waals surface area contributed by atoms with Crippen molar-refractivity contribution in [1.29, 1.82) is 0 Å². The van der Waals surface area contributed by atoms with Crippen molar-refractivity contribution >= 4 is 11.3 Å². The number of halogens is 3. The standard InChI is InChI=1S/C10H10F3N/c1-6(2)8-5-7(14)3-4-9(8)10(11,12)13/h3-5H,1,14H2,2H3. The first-order chi connectivity index (χ1) is 6.32. The highest BCUT2D eigenvalue weighted by molar-refractivity contribution is 5.68. The maximum Gasteiger partial charge on any atom is 0.416 e. The van der Waals surface area contributed by atoms with Gasteiger partial charge in [-0.2, -0.15) is 13.2 Å². The predicted octanol–water partition coefficient (Wildman–Crippen LogP) is 3.32. The number of benzene rings is 1. The number of hydrogen-bond acceptors (Lipinski definition) is 1. The Bertz CT molecular complexity index is 366. The van der Waals surface area contributed by atoms with Gasteiger partial charge in [-0.1, -0.05) is 12.2 Å². The van der Waals surface area contributed by atoms with E-state index in [1.807, 2.05) is 0 Å². The van der Waals surface area contributed by atoms with Crippen molar-refractivity contribution in [2.45, 2.75) is 13.1 Å². The molecule has 1 aromatic carbocycles. The van der Waals surface area contributed by atoms with Gasteiger partial charge in [-0.25, -0.2) is 0 Å². The van der Waals surface area contributed by atoms with Gasteiger partial charge in [0.1, 0.15) is 0 Å².